The Morgan fingerprint density at radius 2 is 2.00 bits per heavy atom. The normalized spacial score (nSPS) is 11.3. The molecule has 2 amide bonds. The molecule has 122 valence electrons. The maximum atomic E-state index is 12.5. The van der Waals surface area contributed by atoms with Gasteiger partial charge in [0.05, 0.1) is 10.4 Å². The molecule has 0 atom stereocenters. The Bertz CT molecular complexity index is 753. The first kappa shape index (κ1) is 17.0. The molecule has 23 heavy (non-hydrogen) atoms. The second-order valence-corrected chi connectivity index (χ2v) is 6.28. The lowest BCUT2D eigenvalue weighted by Crippen LogP contribution is -2.42. The zero-order valence-corrected chi connectivity index (χ0v) is 13.9. The Kier molecular flexibility index (Phi) is 4.75. The van der Waals surface area contributed by atoms with Crippen LogP contribution in [0.15, 0.2) is 28.8 Å². The molecule has 0 saturated heterocycles. The second kappa shape index (κ2) is 6.42. The van der Waals surface area contributed by atoms with E-state index in [9.17, 15) is 9.59 Å². The second-order valence-electron chi connectivity index (χ2n) is 5.87. The van der Waals surface area contributed by atoms with Crippen molar-refractivity contribution >= 4 is 23.4 Å². The van der Waals surface area contributed by atoms with E-state index in [-0.39, 0.29) is 6.54 Å². The lowest BCUT2D eigenvalue weighted by molar-refractivity contribution is -0.125. The van der Waals surface area contributed by atoms with E-state index in [4.69, 9.17) is 21.9 Å². The van der Waals surface area contributed by atoms with Gasteiger partial charge in [-0.05, 0) is 26.8 Å². The Labute approximate surface area is 139 Å². The minimum Gasteiger partial charge on any atom is -0.369 e. The smallest absolute Gasteiger partial charge is 0.257 e. The average molecular weight is 336 g/mol. The number of aromatic nitrogens is 1. The molecule has 6 nitrogen and oxygen atoms in total. The molecule has 0 bridgehead atoms. The maximum Gasteiger partial charge on any atom is 0.257 e. The van der Waals surface area contributed by atoms with Gasteiger partial charge in [0.25, 0.3) is 5.91 Å². The number of hydrogen-bond donors (Lipinski definition) is 2. The van der Waals surface area contributed by atoms with E-state index in [0.717, 1.165) is 0 Å². The zero-order valence-electron chi connectivity index (χ0n) is 13.1. The topological polar surface area (TPSA) is 98.2 Å². The lowest BCUT2D eigenvalue weighted by atomic mass is 9.92. The van der Waals surface area contributed by atoms with Crippen molar-refractivity contribution in [2.45, 2.75) is 20.8 Å². The number of nitrogens with one attached hydrogen (secondary N) is 1. The number of hydrogen-bond acceptors (Lipinski definition) is 4. The minimum absolute atomic E-state index is 0.105. The largest absolute Gasteiger partial charge is 0.369 e. The molecule has 0 aliphatic heterocycles. The van der Waals surface area contributed by atoms with Crippen molar-refractivity contribution in [2.75, 3.05) is 6.54 Å². The first-order chi connectivity index (χ1) is 10.7. The van der Waals surface area contributed by atoms with E-state index < -0.39 is 17.2 Å². The average Bonchev–Trinajstić information content (AvgIpc) is 2.87. The molecule has 2 rings (SSSR count). The third-order valence-corrected chi connectivity index (χ3v) is 3.91. The van der Waals surface area contributed by atoms with E-state index >= 15 is 0 Å². The number of amides is 2. The van der Waals surface area contributed by atoms with Gasteiger partial charge in [0.2, 0.25) is 5.91 Å². The number of nitrogens with two attached hydrogens (primary N) is 1. The van der Waals surface area contributed by atoms with Crippen LogP contribution in [0, 0.1) is 12.3 Å². The molecule has 0 fully saturated rings. The van der Waals surface area contributed by atoms with Crippen LogP contribution in [-0.4, -0.2) is 23.5 Å². The van der Waals surface area contributed by atoms with Crippen LogP contribution in [-0.2, 0) is 4.79 Å². The number of benzene rings is 1. The minimum atomic E-state index is -0.856. The number of primary amides is 1. The fourth-order valence-electron chi connectivity index (χ4n) is 1.95. The summed E-state index contributed by atoms with van der Waals surface area (Å²) in [7, 11) is 0. The van der Waals surface area contributed by atoms with Crippen LogP contribution in [0.2, 0.25) is 5.02 Å². The highest BCUT2D eigenvalue weighted by Crippen LogP contribution is 2.31. The van der Waals surface area contributed by atoms with Gasteiger partial charge in [-0.25, -0.2) is 0 Å². The van der Waals surface area contributed by atoms with Crippen LogP contribution in [0.4, 0.5) is 0 Å². The molecule has 7 heteroatoms. The van der Waals surface area contributed by atoms with Crippen LogP contribution < -0.4 is 11.1 Å². The Morgan fingerprint density at radius 1 is 1.35 bits per heavy atom. The number of nitrogens with zero attached hydrogens (tertiary/aromatic N) is 1. The molecule has 0 unspecified atom stereocenters. The summed E-state index contributed by atoms with van der Waals surface area (Å²) < 4.78 is 5.14. The molecule has 3 N–H and O–H groups in total. The van der Waals surface area contributed by atoms with Crippen molar-refractivity contribution in [3.63, 3.8) is 0 Å². The lowest BCUT2D eigenvalue weighted by Gasteiger charge is -2.20. The van der Waals surface area contributed by atoms with E-state index in [1.165, 1.54) is 0 Å². The molecular weight excluding hydrogens is 318 g/mol. The maximum absolute atomic E-state index is 12.5. The Balaban J connectivity index is 2.31. The van der Waals surface area contributed by atoms with Crippen molar-refractivity contribution in [2.24, 2.45) is 11.1 Å². The third-order valence-electron chi connectivity index (χ3n) is 3.58. The molecule has 1 heterocycles. The monoisotopic (exact) mass is 335 g/mol. The SMILES string of the molecule is Cc1onc(-c2ccccc2Cl)c1C(=O)NCC(C)(C)C(N)=O. The molecule has 0 aliphatic carbocycles. The van der Waals surface area contributed by atoms with Crippen molar-refractivity contribution in [3.05, 3.63) is 40.6 Å². The predicted octanol–water partition coefficient (Wildman–Crippen LogP) is 2.54. The third kappa shape index (κ3) is 3.53. The molecule has 2 aromatic rings. The van der Waals surface area contributed by atoms with Gasteiger partial charge in [-0.3, -0.25) is 9.59 Å². The fourth-order valence-corrected chi connectivity index (χ4v) is 2.18. The molecular formula is C16H18ClN3O3. The molecule has 1 aromatic carbocycles. The van der Waals surface area contributed by atoms with Crippen LogP contribution >= 0.6 is 11.6 Å². The van der Waals surface area contributed by atoms with Gasteiger partial charge in [-0.15, -0.1) is 0 Å². The Hall–Kier alpha value is -2.34. The number of aryl methyl sites for hydroxylation is 1. The number of halogens is 1. The highest BCUT2D eigenvalue weighted by Gasteiger charge is 2.28. The summed E-state index contributed by atoms with van der Waals surface area (Å²) >= 11 is 6.16. The molecule has 0 spiro atoms. The summed E-state index contributed by atoms with van der Waals surface area (Å²) in [6, 6.07) is 7.04. The number of rotatable bonds is 5. The van der Waals surface area contributed by atoms with Crippen LogP contribution in [0.25, 0.3) is 11.3 Å². The molecule has 0 aliphatic rings. The van der Waals surface area contributed by atoms with Crippen LogP contribution in [0.5, 0.6) is 0 Å². The van der Waals surface area contributed by atoms with E-state index in [1.807, 2.05) is 0 Å². The summed E-state index contributed by atoms with van der Waals surface area (Å²) in [5, 5.41) is 7.09. The summed E-state index contributed by atoms with van der Waals surface area (Å²) in [6.07, 6.45) is 0. The van der Waals surface area contributed by atoms with Gasteiger partial charge in [-0.1, -0.05) is 35.0 Å². The molecule has 1 aromatic heterocycles. The molecule has 0 radical (unpaired) electrons. The zero-order chi connectivity index (χ0) is 17.2. The van der Waals surface area contributed by atoms with Crippen LogP contribution in [0.3, 0.4) is 0 Å². The number of carbonyl (C=O) groups is 2. The van der Waals surface area contributed by atoms with Crippen molar-refractivity contribution in [3.8, 4) is 11.3 Å². The standard InChI is InChI=1S/C16H18ClN3O3/c1-9-12(14(21)19-8-16(2,3)15(18)22)13(20-23-9)10-6-4-5-7-11(10)17/h4-7H,8H2,1-3H3,(H2,18,22)(H,19,21). The van der Waals surface area contributed by atoms with Gasteiger partial charge >= 0.3 is 0 Å². The molecule has 0 saturated carbocycles. The van der Waals surface area contributed by atoms with Crippen molar-refractivity contribution in [1.29, 1.82) is 0 Å². The highest BCUT2D eigenvalue weighted by molar-refractivity contribution is 6.33. The van der Waals surface area contributed by atoms with Gasteiger partial charge in [0, 0.05) is 12.1 Å². The van der Waals surface area contributed by atoms with Crippen molar-refractivity contribution < 1.29 is 14.1 Å². The number of carbonyl (C=O) groups excluding carboxylic acids is 2. The van der Waals surface area contributed by atoms with Gasteiger partial charge in [0.15, 0.2) is 0 Å². The first-order valence-corrected chi connectivity index (χ1v) is 7.41. The van der Waals surface area contributed by atoms with E-state index in [2.05, 4.69) is 10.5 Å². The quantitative estimate of drug-likeness (QED) is 0.877. The van der Waals surface area contributed by atoms with E-state index in [1.54, 1.807) is 45.0 Å². The van der Waals surface area contributed by atoms with Gasteiger partial charge < -0.3 is 15.6 Å². The summed E-state index contributed by atoms with van der Waals surface area (Å²) in [6.45, 7) is 5.06. The van der Waals surface area contributed by atoms with Crippen LogP contribution in [0.1, 0.15) is 30.0 Å². The highest BCUT2D eigenvalue weighted by atomic mass is 35.5. The predicted molar refractivity (Wildman–Crippen MR) is 87.0 cm³/mol. The van der Waals surface area contributed by atoms with Gasteiger partial charge in [0.1, 0.15) is 17.0 Å². The Morgan fingerprint density at radius 3 is 2.61 bits per heavy atom. The van der Waals surface area contributed by atoms with E-state index in [0.29, 0.717) is 27.6 Å². The fraction of sp³-hybridized carbons (Fsp3) is 0.312. The van der Waals surface area contributed by atoms with Gasteiger partial charge in [-0.2, -0.15) is 0 Å². The summed E-state index contributed by atoms with van der Waals surface area (Å²) in [4.78, 5) is 23.8. The van der Waals surface area contributed by atoms with Crippen molar-refractivity contribution in [1.82, 2.24) is 10.5 Å². The first-order valence-electron chi connectivity index (χ1n) is 7.03. The summed E-state index contributed by atoms with van der Waals surface area (Å²) in [5.74, 6) is -0.520. The summed E-state index contributed by atoms with van der Waals surface area (Å²) in [5.41, 5.74) is 5.71.